The van der Waals surface area contributed by atoms with Crippen molar-refractivity contribution in [2.75, 3.05) is 7.11 Å². The van der Waals surface area contributed by atoms with E-state index in [4.69, 9.17) is 9.90 Å². The molecule has 0 bridgehead atoms. The highest BCUT2D eigenvalue weighted by Gasteiger charge is 2.10. The van der Waals surface area contributed by atoms with Gasteiger partial charge in [0.15, 0.2) is 0 Å². The first-order chi connectivity index (χ1) is 6.99. The lowest BCUT2D eigenvalue weighted by molar-refractivity contribution is -0.149. The normalized spacial score (nSPS) is 9.07. The van der Waals surface area contributed by atoms with Crippen molar-refractivity contribution in [3.63, 3.8) is 0 Å². The number of carbonyl (C=O) groups excluding carboxylic acids is 1. The minimum atomic E-state index is -3.23. The molecule has 1 heterocycles. The van der Waals surface area contributed by atoms with Gasteiger partial charge < -0.3 is 14.4 Å². The van der Waals surface area contributed by atoms with Crippen LogP contribution in [0.4, 0.5) is 8.78 Å². The first-order valence-corrected chi connectivity index (χ1v) is 3.34. The number of aliphatic carboxylic acids is 1. The van der Waals surface area contributed by atoms with Gasteiger partial charge in [-0.2, -0.15) is 13.8 Å². The highest BCUT2D eigenvalue weighted by molar-refractivity contribution is 5.84. The fourth-order valence-electron chi connectivity index (χ4n) is 0.352. The summed E-state index contributed by atoms with van der Waals surface area (Å²) in [5, 5.41) is 10.5. The molecular formula is C6H6F2N2O5. The second-order valence-electron chi connectivity index (χ2n) is 1.89. The molecule has 0 aliphatic heterocycles. The van der Waals surface area contributed by atoms with Crippen molar-refractivity contribution in [3.05, 3.63) is 12.2 Å². The fraction of sp³-hybridized carbons (Fsp3) is 0.333. The monoisotopic (exact) mass is 224 g/mol. The Morgan fingerprint density at radius 2 is 2.13 bits per heavy atom. The number of carbonyl (C=O) groups is 2. The highest BCUT2D eigenvalue weighted by Crippen LogP contribution is 1.89. The van der Waals surface area contributed by atoms with Crippen LogP contribution in [0.25, 0.3) is 0 Å². The molecule has 0 aromatic carbocycles. The number of carboxylic acid groups (broad SMARTS) is 1. The lowest BCUT2D eigenvalue weighted by atomic mass is 10.6. The topological polar surface area (TPSA) is 103 Å². The standard InChI is InChI=1S/C4H4N2O3.C2H2F2O2/c1-8-4(7)3-5-2-9-6-3;3-1(4)2(5)6/h2H,1H3;1H,(H,5,6). The van der Waals surface area contributed by atoms with Crippen LogP contribution in [-0.4, -0.2) is 40.7 Å². The Morgan fingerprint density at radius 1 is 1.60 bits per heavy atom. The first kappa shape index (κ1) is 12.9. The number of rotatable bonds is 2. The third kappa shape index (κ3) is 5.29. The summed E-state index contributed by atoms with van der Waals surface area (Å²) < 4.78 is 29.7. The summed E-state index contributed by atoms with van der Waals surface area (Å²) in [6.07, 6.45) is -2.17. The number of aromatic nitrogens is 2. The Hall–Kier alpha value is -2.06. The molecule has 1 aromatic rings. The molecule has 15 heavy (non-hydrogen) atoms. The average molecular weight is 224 g/mol. The van der Waals surface area contributed by atoms with Crippen molar-refractivity contribution >= 4 is 11.9 Å². The molecule has 0 aliphatic carbocycles. The smallest absolute Gasteiger partial charge is 0.379 e. The highest BCUT2D eigenvalue weighted by atomic mass is 19.3. The van der Waals surface area contributed by atoms with Gasteiger partial charge >= 0.3 is 18.4 Å². The summed E-state index contributed by atoms with van der Waals surface area (Å²) in [6.45, 7) is 0. The number of alkyl halides is 2. The van der Waals surface area contributed by atoms with Gasteiger partial charge in [0.2, 0.25) is 6.39 Å². The first-order valence-electron chi connectivity index (χ1n) is 3.34. The molecule has 0 spiro atoms. The van der Waals surface area contributed by atoms with E-state index in [0.29, 0.717) is 0 Å². The summed E-state index contributed by atoms with van der Waals surface area (Å²) >= 11 is 0. The molecule has 0 amide bonds. The van der Waals surface area contributed by atoms with Gasteiger partial charge in [0, 0.05) is 0 Å². The molecule has 0 saturated heterocycles. The van der Waals surface area contributed by atoms with Gasteiger partial charge in [-0.15, -0.1) is 0 Å². The maximum atomic E-state index is 10.6. The molecule has 0 unspecified atom stereocenters. The third-order valence-electron chi connectivity index (χ3n) is 0.916. The largest absolute Gasteiger partial charge is 0.477 e. The summed E-state index contributed by atoms with van der Waals surface area (Å²) in [7, 11) is 1.25. The van der Waals surface area contributed by atoms with Crippen LogP contribution < -0.4 is 0 Å². The zero-order valence-corrected chi connectivity index (χ0v) is 7.39. The number of halogens is 2. The number of carboxylic acids is 1. The molecule has 84 valence electrons. The van der Waals surface area contributed by atoms with E-state index in [0.717, 1.165) is 6.39 Å². The van der Waals surface area contributed by atoms with Crippen molar-refractivity contribution in [1.82, 2.24) is 10.1 Å². The second-order valence-corrected chi connectivity index (χ2v) is 1.89. The third-order valence-corrected chi connectivity index (χ3v) is 0.916. The number of ether oxygens (including phenoxy) is 1. The van der Waals surface area contributed by atoms with Crippen molar-refractivity contribution in [1.29, 1.82) is 0 Å². The number of nitrogens with zero attached hydrogens (tertiary/aromatic N) is 2. The van der Waals surface area contributed by atoms with Crippen molar-refractivity contribution < 1.29 is 32.7 Å². The fourth-order valence-corrected chi connectivity index (χ4v) is 0.352. The van der Waals surface area contributed by atoms with Gasteiger partial charge in [0.1, 0.15) is 0 Å². The van der Waals surface area contributed by atoms with Gasteiger partial charge in [-0.05, 0) is 0 Å². The van der Waals surface area contributed by atoms with E-state index in [1.54, 1.807) is 0 Å². The van der Waals surface area contributed by atoms with Crippen LogP contribution in [0.2, 0.25) is 0 Å². The SMILES string of the molecule is COC(=O)c1ncon1.O=C(O)C(F)F. The zero-order chi connectivity index (χ0) is 11.8. The van der Waals surface area contributed by atoms with Crippen LogP contribution in [0.1, 0.15) is 10.6 Å². The Labute approximate surface area is 81.6 Å². The Kier molecular flexibility index (Phi) is 5.52. The summed E-state index contributed by atoms with van der Waals surface area (Å²) in [4.78, 5) is 22.9. The van der Waals surface area contributed by atoms with E-state index in [9.17, 15) is 13.6 Å². The van der Waals surface area contributed by atoms with E-state index in [1.165, 1.54) is 7.11 Å². The van der Waals surface area contributed by atoms with Crippen molar-refractivity contribution in [2.24, 2.45) is 0 Å². The minimum Gasteiger partial charge on any atom is -0.477 e. The van der Waals surface area contributed by atoms with Crippen LogP contribution in [0.5, 0.6) is 0 Å². The summed E-state index contributed by atoms with van der Waals surface area (Å²) in [5.41, 5.74) is 0. The molecule has 0 atom stereocenters. The van der Waals surface area contributed by atoms with Crippen molar-refractivity contribution in [2.45, 2.75) is 6.43 Å². The van der Waals surface area contributed by atoms with Gasteiger partial charge in [-0.1, -0.05) is 5.16 Å². The Bertz CT molecular complexity index is 313. The lowest BCUT2D eigenvalue weighted by Gasteiger charge is -1.86. The quantitative estimate of drug-likeness (QED) is 0.715. The lowest BCUT2D eigenvalue weighted by Crippen LogP contribution is -2.06. The number of hydrogen-bond donors (Lipinski definition) is 1. The number of esters is 1. The Balaban J connectivity index is 0.000000288. The predicted octanol–water partition coefficient (Wildman–Crippen LogP) is 0.192. The van der Waals surface area contributed by atoms with Gasteiger partial charge in [0.25, 0.3) is 5.82 Å². The summed E-state index contributed by atoms with van der Waals surface area (Å²) in [5.74, 6) is -2.73. The maximum Gasteiger partial charge on any atom is 0.379 e. The van der Waals surface area contributed by atoms with E-state index in [2.05, 4.69) is 19.4 Å². The molecule has 1 aromatic heterocycles. The van der Waals surface area contributed by atoms with Crippen LogP contribution in [0, 0.1) is 0 Å². The number of hydrogen-bond acceptors (Lipinski definition) is 6. The van der Waals surface area contributed by atoms with Crippen LogP contribution >= 0.6 is 0 Å². The van der Waals surface area contributed by atoms with Crippen LogP contribution in [-0.2, 0) is 9.53 Å². The van der Waals surface area contributed by atoms with Crippen molar-refractivity contribution in [3.8, 4) is 0 Å². The second kappa shape index (κ2) is 6.40. The molecule has 0 fully saturated rings. The zero-order valence-electron chi connectivity index (χ0n) is 7.39. The molecule has 0 saturated carbocycles. The molecule has 1 N–H and O–H groups in total. The molecular weight excluding hydrogens is 218 g/mol. The average Bonchev–Trinajstić information content (AvgIpc) is 2.70. The van der Waals surface area contributed by atoms with E-state index < -0.39 is 18.4 Å². The predicted molar refractivity (Wildman–Crippen MR) is 39.3 cm³/mol. The maximum absolute atomic E-state index is 10.6. The van der Waals surface area contributed by atoms with Crippen LogP contribution in [0.3, 0.4) is 0 Å². The van der Waals surface area contributed by atoms with Gasteiger partial charge in [-0.25, -0.2) is 9.59 Å². The van der Waals surface area contributed by atoms with E-state index >= 15 is 0 Å². The van der Waals surface area contributed by atoms with Gasteiger partial charge in [0.05, 0.1) is 7.11 Å². The molecule has 7 nitrogen and oxygen atoms in total. The van der Waals surface area contributed by atoms with Gasteiger partial charge in [-0.3, -0.25) is 0 Å². The van der Waals surface area contributed by atoms with E-state index in [1.807, 2.05) is 0 Å². The van der Waals surface area contributed by atoms with Crippen LogP contribution in [0.15, 0.2) is 10.9 Å². The Morgan fingerprint density at radius 3 is 2.40 bits per heavy atom. The number of methoxy groups -OCH3 is 1. The van der Waals surface area contributed by atoms with E-state index in [-0.39, 0.29) is 5.82 Å². The molecule has 1 rings (SSSR count). The molecule has 0 radical (unpaired) electrons. The summed E-state index contributed by atoms with van der Waals surface area (Å²) in [6, 6.07) is 0. The molecule has 9 heteroatoms. The minimum absolute atomic E-state index is 0.0579. The molecule has 0 aliphatic rings.